The van der Waals surface area contributed by atoms with E-state index in [1.807, 2.05) is 62.7 Å². The fraction of sp³-hybridized carbons (Fsp3) is 0.429. The zero-order valence-electron chi connectivity index (χ0n) is 17.8. The number of ether oxygens (including phenoxy) is 1. The Labute approximate surface area is 175 Å². The van der Waals surface area contributed by atoms with Gasteiger partial charge in [0.1, 0.15) is 28.7 Å². The van der Waals surface area contributed by atoms with Crippen LogP contribution in [0.25, 0.3) is 5.65 Å². The summed E-state index contributed by atoms with van der Waals surface area (Å²) < 4.78 is 7.42. The van der Waals surface area contributed by atoms with E-state index in [0.717, 1.165) is 23.0 Å². The van der Waals surface area contributed by atoms with Crippen molar-refractivity contribution in [3.8, 4) is 0 Å². The molecule has 1 amide bonds. The molecule has 0 unspecified atom stereocenters. The molecule has 1 aliphatic rings. The van der Waals surface area contributed by atoms with Gasteiger partial charge in [-0.1, -0.05) is 0 Å². The van der Waals surface area contributed by atoms with Crippen molar-refractivity contribution in [3.63, 3.8) is 0 Å². The van der Waals surface area contributed by atoms with Crippen molar-refractivity contribution in [1.29, 1.82) is 0 Å². The van der Waals surface area contributed by atoms with Crippen molar-refractivity contribution in [1.82, 2.24) is 24.3 Å². The van der Waals surface area contributed by atoms with E-state index in [0.29, 0.717) is 32.0 Å². The first-order valence-electron chi connectivity index (χ1n) is 10.1. The molecule has 3 aromatic heterocycles. The minimum atomic E-state index is -0.488. The van der Waals surface area contributed by atoms with Crippen molar-refractivity contribution in [2.75, 3.05) is 36.4 Å². The van der Waals surface area contributed by atoms with Crippen LogP contribution in [0.4, 0.5) is 22.1 Å². The Bertz CT molecular complexity index is 1050. The van der Waals surface area contributed by atoms with Gasteiger partial charge in [0.2, 0.25) is 0 Å². The zero-order valence-corrected chi connectivity index (χ0v) is 17.8. The van der Waals surface area contributed by atoms with Crippen LogP contribution in [0.2, 0.25) is 0 Å². The van der Waals surface area contributed by atoms with Crippen LogP contribution >= 0.6 is 0 Å². The predicted molar refractivity (Wildman–Crippen MR) is 115 cm³/mol. The van der Waals surface area contributed by atoms with E-state index in [4.69, 9.17) is 4.74 Å². The molecule has 1 aliphatic heterocycles. The molecule has 3 aromatic rings. The molecule has 158 valence electrons. The first-order chi connectivity index (χ1) is 14.3. The number of nitrogens with one attached hydrogen (secondary N) is 1. The molecule has 0 aromatic carbocycles. The Balaban J connectivity index is 1.44. The van der Waals surface area contributed by atoms with Crippen LogP contribution in [-0.4, -0.2) is 62.1 Å². The lowest BCUT2D eigenvalue weighted by atomic mass is 10.2. The van der Waals surface area contributed by atoms with Gasteiger partial charge < -0.3 is 24.3 Å². The lowest BCUT2D eigenvalue weighted by Gasteiger charge is -2.36. The number of hydrogen-bond donors (Lipinski definition) is 1. The van der Waals surface area contributed by atoms with Crippen LogP contribution in [0.15, 0.2) is 36.8 Å². The highest BCUT2D eigenvalue weighted by atomic mass is 16.6. The molecule has 4 heterocycles. The molecular weight excluding hydrogens is 382 g/mol. The summed E-state index contributed by atoms with van der Waals surface area (Å²) >= 11 is 0. The van der Waals surface area contributed by atoms with Crippen molar-refractivity contribution in [2.45, 2.75) is 33.3 Å². The molecule has 1 N–H and O–H groups in total. The topological polar surface area (TPSA) is 87.9 Å². The lowest BCUT2D eigenvalue weighted by Crippen LogP contribution is -2.50. The third-order valence-corrected chi connectivity index (χ3v) is 4.75. The number of pyridine rings is 1. The van der Waals surface area contributed by atoms with Gasteiger partial charge in [-0.2, -0.15) is 0 Å². The minimum Gasteiger partial charge on any atom is -0.444 e. The standard InChI is InChI=1S/C21H27N7O2/c1-15-23-17(25-16-5-7-26-8-6-22-18(26)13-16)14-19(24-15)27-9-11-28(12-10-27)20(29)30-21(2,3)4/h5-8,13-14H,9-12H2,1-4H3,(H,23,24,25). The van der Waals surface area contributed by atoms with Crippen LogP contribution in [0, 0.1) is 6.92 Å². The number of aryl methyl sites for hydroxylation is 1. The van der Waals surface area contributed by atoms with Gasteiger partial charge in [0.15, 0.2) is 0 Å². The molecule has 9 nitrogen and oxygen atoms in total. The Morgan fingerprint density at radius 1 is 1.10 bits per heavy atom. The van der Waals surface area contributed by atoms with E-state index in [1.54, 1.807) is 11.1 Å². The van der Waals surface area contributed by atoms with Gasteiger partial charge in [-0.3, -0.25) is 0 Å². The monoisotopic (exact) mass is 409 g/mol. The number of carbonyl (C=O) groups excluding carboxylic acids is 1. The van der Waals surface area contributed by atoms with Gasteiger partial charge in [-0.05, 0) is 33.8 Å². The summed E-state index contributed by atoms with van der Waals surface area (Å²) in [5.74, 6) is 2.25. The molecule has 0 bridgehead atoms. The van der Waals surface area contributed by atoms with E-state index >= 15 is 0 Å². The number of hydrogen-bond acceptors (Lipinski definition) is 7. The number of aromatic nitrogens is 4. The second kappa shape index (κ2) is 7.81. The van der Waals surface area contributed by atoms with Crippen LogP contribution in [0.5, 0.6) is 0 Å². The predicted octanol–water partition coefficient (Wildman–Crippen LogP) is 3.23. The SMILES string of the molecule is Cc1nc(Nc2ccn3ccnc3c2)cc(N2CCN(C(=O)OC(C)(C)C)CC2)n1. The van der Waals surface area contributed by atoms with Crippen LogP contribution in [-0.2, 0) is 4.74 Å². The van der Waals surface area contributed by atoms with Crippen molar-refractivity contribution < 1.29 is 9.53 Å². The summed E-state index contributed by atoms with van der Waals surface area (Å²) in [7, 11) is 0. The van der Waals surface area contributed by atoms with Gasteiger partial charge in [0.25, 0.3) is 0 Å². The van der Waals surface area contributed by atoms with Gasteiger partial charge >= 0.3 is 6.09 Å². The minimum absolute atomic E-state index is 0.266. The van der Waals surface area contributed by atoms with E-state index in [1.165, 1.54) is 0 Å². The maximum Gasteiger partial charge on any atom is 0.410 e. The van der Waals surface area contributed by atoms with Gasteiger partial charge in [0, 0.05) is 62.6 Å². The maximum atomic E-state index is 12.3. The number of rotatable bonds is 3. The third-order valence-electron chi connectivity index (χ3n) is 4.75. The zero-order chi connectivity index (χ0) is 21.3. The normalized spacial score (nSPS) is 14.8. The van der Waals surface area contributed by atoms with E-state index in [9.17, 15) is 4.79 Å². The first-order valence-corrected chi connectivity index (χ1v) is 10.1. The van der Waals surface area contributed by atoms with E-state index in [2.05, 4.69) is 25.2 Å². The highest BCUT2D eigenvalue weighted by Gasteiger charge is 2.26. The van der Waals surface area contributed by atoms with Crippen LogP contribution < -0.4 is 10.2 Å². The smallest absolute Gasteiger partial charge is 0.410 e. The van der Waals surface area contributed by atoms with Gasteiger partial charge in [0.05, 0.1) is 0 Å². The highest BCUT2D eigenvalue weighted by molar-refractivity contribution is 5.69. The molecule has 0 saturated carbocycles. The summed E-state index contributed by atoms with van der Waals surface area (Å²) in [6.45, 7) is 10.1. The molecule has 0 atom stereocenters. The Morgan fingerprint density at radius 2 is 1.87 bits per heavy atom. The Hall–Kier alpha value is -3.36. The molecule has 0 radical (unpaired) electrons. The summed E-state index contributed by atoms with van der Waals surface area (Å²) in [6.07, 6.45) is 5.36. The molecule has 0 spiro atoms. The fourth-order valence-electron chi connectivity index (χ4n) is 3.36. The van der Waals surface area contributed by atoms with Crippen LogP contribution in [0.3, 0.4) is 0 Å². The largest absolute Gasteiger partial charge is 0.444 e. The first kappa shape index (κ1) is 19.9. The van der Waals surface area contributed by atoms with E-state index < -0.39 is 5.60 Å². The fourth-order valence-corrected chi connectivity index (χ4v) is 3.36. The average molecular weight is 409 g/mol. The van der Waals surface area contributed by atoms with Gasteiger partial charge in [-0.25, -0.2) is 19.7 Å². The molecule has 30 heavy (non-hydrogen) atoms. The molecule has 1 saturated heterocycles. The maximum absolute atomic E-state index is 12.3. The lowest BCUT2D eigenvalue weighted by molar-refractivity contribution is 0.0240. The second-order valence-electron chi connectivity index (χ2n) is 8.35. The summed E-state index contributed by atoms with van der Waals surface area (Å²) in [6, 6.07) is 5.88. The molecule has 4 rings (SSSR count). The molecular formula is C21H27N7O2. The second-order valence-corrected chi connectivity index (χ2v) is 8.35. The molecule has 9 heteroatoms. The third kappa shape index (κ3) is 4.61. The molecule has 0 aliphatic carbocycles. The number of nitrogens with zero attached hydrogens (tertiary/aromatic N) is 6. The molecule has 1 fully saturated rings. The van der Waals surface area contributed by atoms with Crippen molar-refractivity contribution in [3.05, 3.63) is 42.6 Å². The summed E-state index contributed by atoms with van der Waals surface area (Å²) in [5.41, 5.74) is 1.29. The number of carbonyl (C=O) groups is 1. The number of amides is 1. The number of imidazole rings is 1. The summed E-state index contributed by atoms with van der Waals surface area (Å²) in [4.78, 5) is 29.6. The van der Waals surface area contributed by atoms with Crippen LogP contribution in [0.1, 0.15) is 26.6 Å². The number of anilines is 3. The average Bonchev–Trinajstić information content (AvgIpc) is 3.14. The number of piperazine rings is 1. The van der Waals surface area contributed by atoms with E-state index in [-0.39, 0.29) is 6.09 Å². The quantitative estimate of drug-likeness (QED) is 0.710. The van der Waals surface area contributed by atoms with Gasteiger partial charge in [-0.15, -0.1) is 0 Å². The number of fused-ring (bicyclic) bond motifs is 1. The Morgan fingerprint density at radius 3 is 2.60 bits per heavy atom. The Kier molecular flexibility index (Phi) is 5.19. The summed E-state index contributed by atoms with van der Waals surface area (Å²) in [5, 5.41) is 3.34. The highest BCUT2D eigenvalue weighted by Crippen LogP contribution is 2.22. The van der Waals surface area contributed by atoms with Crippen molar-refractivity contribution in [2.24, 2.45) is 0 Å². The van der Waals surface area contributed by atoms with Crippen molar-refractivity contribution >= 4 is 29.1 Å².